The first-order chi connectivity index (χ1) is 27.0. The summed E-state index contributed by atoms with van der Waals surface area (Å²) < 4.78 is 1.93. The molecular formula is C41H74B2I6N2O6Y2-2. The molecule has 0 heterocycles. The molecule has 2 amide bonds. The zero-order chi connectivity index (χ0) is 47.6. The fourth-order valence-electron chi connectivity index (χ4n) is 2.20. The van der Waals surface area contributed by atoms with Gasteiger partial charge in [-0.3, -0.25) is 0 Å². The topological polar surface area (TPSA) is 163 Å². The number of alkyl halides is 6. The van der Waals surface area contributed by atoms with Crippen LogP contribution in [0.3, 0.4) is 0 Å². The number of benzene rings is 2. The molecular weight excluding hydrogens is 1580 g/mol. The molecule has 0 aliphatic heterocycles. The van der Waals surface area contributed by atoms with E-state index in [1.807, 2.05) is 112 Å². The third-order valence-electron chi connectivity index (χ3n) is 3.94. The van der Waals surface area contributed by atoms with Crippen LogP contribution in [0.1, 0.15) is 114 Å². The van der Waals surface area contributed by atoms with Gasteiger partial charge in [0.2, 0.25) is 0 Å². The van der Waals surface area contributed by atoms with E-state index in [0.717, 1.165) is 23.9 Å². The van der Waals surface area contributed by atoms with Crippen molar-refractivity contribution in [3.05, 3.63) is 131 Å². The molecule has 0 atom stereocenters. The average molecular weight is 1650 g/mol. The van der Waals surface area contributed by atoms with E-state index < -0.39 is 26.1 Å². The van der Waals surface area contributed by atoms with Crippen LogP contribution in [0.2, 0.25) is 13.6 Å². The first kappa shape index (κ1) is 92.2. The van der Waals surface area contributed by atoms with Gasteiger partial charge in [-0.2, -0.15) is 0 Å². The van der Waals surface area contributed by atoms with Crippen molar-refractivity contribution in [2.45, 2.75) is 110 Å². The predicted molar refractivity (Wildman–Crippen MR) is 313 cm³/mol. The van der Waals surface area contributed by atoms with Gasteiger partial charge in [-0.15, -0.1) is 0 Å². The van der Waals surface area contributed by atoms with Gasteiger partial charge in [-0.05, 0) is 56.4 Å². The van der Waals surface area contributed by atoms with Crippen LogP contribution in [0, 0.1) is 13.8 Å². The maximum Gasteiger partial charge on any atom is 0.448 e. The van der Waals surface area contributed by atoms with Crippen molar-refractivity contribution >= 4 is 162 Å². The summed E-state index contributed by atoms with van der Waals surface area (Å²) in [7, 11) is -2.33. The minimum Gasteiger partial charge on any atom is -0.664 e. The molecule has 8 nitrogen and oxygen atoms in total. The van der Waals surface area contributed by atoms with Crippen LogP contribution in [-0.2, 0) is 65.4 Å². The number of halogens is 6. The molecule has 2 aromatic rings. The Hall–Kier alpha value is 2.90. The summed E-state index contributed by atoms with van der Waals surface area (Å²) in [6.45, 7) is 26.4. The van der Waals surface area contributed by atoms with E-state index in [2.05, 4.69) is 184 Å². The second-order valence-electron chi connectivity index (χ2n) is 8.19. The smallest absolute Gasteiger partial charge is 0.448 e. The van der Waals surface area contributed by atoms with Gasteiger partial charge in [0.25, 0.3) is 0 Å². The Morgan fingerprint density at radius 2 is 0.678 bits per heavy atom. The van der Waals surface area contributed by atoms with E-state index in [9.17, 15) is 9.59 Å². The number of rotatable bonds is 2. The Labute approximate surface area is 496 Å². The number of amides is 2. The Balaban J connectivity index is -0.0000000422. The van der Waals surface area contributed by atoms with Gasteiger partial charge >= 0.3 is 14.2 Å². The Bertz CT molecular complexity index is 1000. The zero-order valence-corrected chi connectivity index (χ0v) is 56.7. The average Bonchev–Trinajstić information content (AvgIpc) is 3.98. The van der Waals surface area contributed by atoms with Crippen LogP contribution in [-0.4, -0.2) is 53.5 Å². The van der Waals surface area contributed by atoms with E-state index in [0.29, 0.717) is 11.1 Å². The number of nitrogens with one attached hydrogen (secondary N) is 2. The summed E-state index contributed by atoms with van der Waals surface area (Å²) in [5.74, 6) is -1.25. The number of hydrogen-bond acceptors (Lipinski definition) is 6. The number of aryl methyl sites for hydroxylation is 2. The fraction of sp³-hybridized carbons (Fsp3) is 0.463. The maximum atomic E-state index is 10.4. The molecule has 0 saturated carbocycles. The quantitative estimate of drug-likeness (QED) is 0.133. The van der Waals surface area contributed by atoms with Crippen LogP contribution in [0.4, 0.5) is 0 Å². The van der Waals surface area contributed by atoms with Gasteiger partial charge in [-0.1, -0.05) is 313 Å². The van der Waals surface area contributed by atoms with Gasteiger partial charge in [0.1, 0.15) is -0.0619 Å². The molecule has 59 heavy (non-hydrogen) atoms. The van der Waals surface area contributed by atoms with E-state index in [1.54, 1.807) is 24.3 Å². The number of hydrogen-bond donors (Lipinski definition) is 4. The molecule has 2 aliphatic carbocycles. The standard InChI is InChI=1S/2C8H9NO.2C5H6.5C2H6.2CH5BO2.CHI3.CH2I2.CH3I.2Y/c2*1-6-2-4-7(5-3-6)8(9)10;2*1-2-4-5-3-1;5*1-2;2*1-2(3)4;2-1(3)4;2-1-3;1-2;;/h2*2-5H,1H3,(H2,9,10);2*1-4H,5H2;5*1-2H3;2*3-4H,1H3;1H;1H2;1H3;;/p-2. The fourth-order valence-corrected chi connectivity index (χ4v) is 2.20. The third-order valence-corrected chi connectivity index (χ3v) is 3.94. The van der Waals surface area contributed by atoms with Crippen LogP contribution >= 0.6 is 136 Å². The van der Waals surface area contributed by atoms with Gasteiger partial charge in [0, 0.05) is 65.4 Å². The van der Waals surface area contributed by atoms with Crippen LogP contribution in [0.15, 0.2) is 97.1 Å². The van der Waals surface area contributed by atoms with Crippen LogP contribution in [0.25, 0.3) is 11.5 Å². The van der Waals surface area contributed by atoms with Gasteiger partial charge in [0.05, 0.1) is 14.2 Å². The van der Waals surface area contributed by atoms with E-state index in [1.165, 1.54) is 16.1 Å². The van der Waals surface area contributed by atoms with Crippen LogP contribution < -0.4 is 0 Å². The molecule has 2 aromatic carbocycles. The summed E-state index contributed by atoms with van der Waals surface area (Å²) in [6, 6.07) is 13.9. The molecule has 0 aromatic heterocycles. The SMILES string of the molecule is C1=CCC=C1.C1=CCC=C1.CB(O)O.CB(O)O.CC.CC.CC.CC.CC.CI.Cc1ccc(C([NH-])=O)cc1.Cc1ccc(C([NH-])=O)cc1.IC(I)I.ICI.[Y].[Y]. The Kier molecular flexibility index (Phi) is 143. The van der Waals surface area contributed by atoms with Crippen molar-refractivity contribution in [2.24, 2.45) is 0 Å². The first-order valence-electron chi connectivity index (χ1n) is 18.4. The van der Waals surface area contributed by atoms with Crippen molar-refractivity contribution in [1.29, 1.82) is 0 Å². The molecule has 340 valence electrons. The number of carbonyl (C=O) groups is 2. The number of carbonyl (C=O) groups excluding carboxylic acids is 2. The molecule has 0 saturated heterocycles. The van der Waals surface area contributed by atoms with E-state index in [4.69, 9.17) is 31.6 Å². The molecule has 0 bridgehead atoms. The van der Waals surface area contributed by atoms with Crippen LogP contribution in [0.5, 0.6) is 0 Å². The summed E-state index contributed by atoms with van der Waals surface area (Å²) >= 11 is 13.6. The monoisotopic (exact) mass is 1650 g/mol. The molecule has 2 aliphatic rings. The maximum absolute atomic E-state index is 10.4. The first-order valence-corrected chi connectivity index (χ1v) is 27.4. The molecule has 2 radical (unpaired) electrons. The van der Waals surface area contributed by atoms with Gasteiger partial charge in [0.15, 0.2) is 0 Å². The summed E-state index contributed by atoms with van der Waals surface area (Å²) in [6.07, 6.45) is 19.0. The molecule has 18 heteroatoms. The Morgan fingerprint density at radius 1 is 0.542 bits per heavy atom. The zero-order valence-electron chi connectivity index (χ0n) is 38.1. The van der Waals surface area contributed by atoms with Gasteiger partial charge in [-0.25, -0.2) is 0 Å². The minimum atomic E-state index is -1.17. The predicted octanol–water partition coefficient (Wildman–Crippen LogP) is 16.1. The summed E-state index contributed by atoms with van der Waals surface area (Å²) in [5, 5.41) is 30.4. The Morgan fingerprint density at radius 3 is 0.763 bits per heavy atom. The second-order valence-corrected chi connectivity index (χ2v) is 23.5. The van der Waals surface area contributed by atoms with Crippen molar-refractivity contribution in [3.8, 4) is 0 Å². The third kappa shape index (κ3) is 126. The van der Waals surface area contributed by atoms with E-state index >= 15 is 0 Å². The van der Waals surface area contributed by atoms with Crippen molar-refractivity contribution < 1.29 is 95.1 Å². The summed E-state index contributed by atoms with van der Waals surface area (Å²) in [5.41, 5.74) is 16.6. The number of allylic oxidation sites excluding steroid dienone is 8. The molecule has 0 unspecified atom stereocenters. The molecule has 0 spiro atoms. The summed E-state index contributed by atoms with van der Waals surface area (Å²) in [4.78, 5) is 22.8. The molecule has 4 rings (SSSR count). The van der Waals surface area contributed by atoms with Crippen molar-refractivity contribution in [3.63, 3.8) is 0 Å². The molecule has 0 fully saturated rings. The second kappa shape index (κ2) is 91.4. The van der Waals surface area contributed by atoms with Crippen molar-refractivity contribution in [2.75, 3.05) is 7.36 Å². The minimum absolute atomic E-state index is 0. The largest absolute Gasteiger partial charge is 0.664 e. The molecule has 6 N–H and O–H groups in total. The normalized spacial score (nSPS) is 8.58. The van der Waals surface area contributed by atoms with Gasteiger partial charge < -0.3 is 41.2 Å². The van der Waals surface area contributed by atoms with E-state index in [-0.39, 0.29) is 65.4 Å². The van der Waals surface area contributed by atoms with Crippen molar-refractivity contribution in [1.82, 2.24) is 0 Å².